The molecular formula is C14H19NO5. The molecule has 0 unspecified atom stereocenters. The Hall–Kier alpha value is -2.08. The van der Waals surface area contributed by atoms with E-state index in [1.54, 1.807) is 31.2 Å². The Morgan fingerprint density at radius 1 is 1.10 bits per heavy atom. The number of rotatable bonds is 8. The molecule has 0 aromatic heterocycles. The van der Waals surface area contributed by atoms with Gasteiger partial charge in [-0.15, -0.1) is 0 Å². The maximum atomic E-state index is 11.7. The van der Waals surface area contributed by atoms with E-state index in [1.165, 1.54) is 4.90 Å². The molecule has 0 saturated carbocycles. The van der Waals surface area contributed by atoms with Gasteiger partial charge in [-0.3, -0.25) is 14.5 Å². The van der Waals surface area contributed by atoms with Crippen molar-refractivity contribution < 1.29 is 24.2 Å². The summed E-state index contributed by atoms with van der Waals surface area (Å²) >= 11 is 0. The molecule has 0 aliphatic heterocycles. The van der Waals surface area contributed by atoms with Crippen LogP contribution in [0.25, 0.3) is 0 Å². The summed E-state index contributed by atoms with van der Waals surface area (Å²) < 4.78 is 10.4. The van der Waals surface area contributed by atoms with Crippen molar-refractivity contribution in [1.29, 1.82) is 0 Å². The van der Waals surface area contributed by atoms with Crippen molar-refractivity contribution in [3.8, 4) is 11.5 Å². The minimum absolute atomic E-state index is 0.0595. The zero-order valence-corrected chi connectivity index (χ0v) is 11.7. The van der Waals surface area contributed by atoms with Gasteiger partial charge in [0.15, 0.2) is 0 Å². The molecule has 1 aromatic rings. The van der Waals surface area contributed by atoms with E-state index >= 15 is 0 Å². The first-order valence-corrected chi connectivity index (χ1v) is 6.42. The largest absolute Gasteiger partial charge is 0.494 e. The van der Waals surface area contributed by atoms with Gasteiger partial charge in [0.25, 0.3) is 0 Å². The molecule has 0 spiro atoms. The van der Waals surface area contributed by atoms with Crippen molar-refractivity contribution in [3.63, 3.8) is 0 Å². The van der Waals surface area contributed by atoms with Gasteiger partial charge in [0, 0.05) is 0 Å². The van der Waals surface area contributed by atoms with Crippen LogP contribution < -0.4 is 9.47 Å². The quantitative estimate of drug-likeness (QED) is 0.573. The number of benzene rings is 1. The molecule has 6 nitrogen and oxygen atoms in total. The Morgan fingerprint density at radius 3 is 2.20 bits per heavy atom. The third kappa shape index (κ3) is 5.71. The summed E-state index contributed by atoms with van der Waals surface area (Å²) in [7, 11) is 0. The predicted octanol–water partition coefficient (Wildman–Crippen LogP) is 1.40. The lowest BCUT2D eigenvalue weighted by molar-refractivity contribution is -0.140. The van der Waals surface area contributed by atoms with Crippen LogP contribution in [0.5, 0.6) is 11.5 Å². The fourth-order valence-electron chi connectivity index (χ4n) is 1.59. The Balaban J connectivity index is 2.50. The highest BCUT2D eigenvalue weighted by Crippen LogP contribution is 2.17. The Bertz CT molecular complexity index is 443. The number of likely N-dealkylation sites (N-methyl/N-ethyl adjacent to an activating group) is 1. The summed E-state index contributed by atoms with van der Waals surface area (Å²) in [4.78, 5) is 23.8. The molecule has 0 bridgehead atoms. The fourth-order valence-corrected chi connectivity index (χ4v) is 1.59. The zero-order valence-electron chi connectivity index (χ0n) is 11.7. The van der Waals surface area contributed by atoms with E-state index in [0.717, 1.165) is 0 Å². The summed E-state index contributed by atoms with van der Waals surface area (Å²) in [6.45, 7) is 4.46. The standard InChI is InChI=1S/C14H19NO5/c1-3-15(9-13(16)17)10-14(18)20-12-7-5-11(6-8-12)19-4-2/h5-8H,3-4,9-10H2,1-2H3,(H,16,17). The smallest absolute Gasteiger partial charge is 0.325 e. The van der Waals surface area contributed by atoms with Gasteiger partial charge in [0.2, 0.25) is 0 Å². The van der Waals surface area contributed by atoms with Crippen LogP contribution in [0, 0.1) is 0 Å². The SMILES string of the molecule is CCOc1ccc(OC(=O)CN(CC)CC(=O)O)cc1. The molecule has 110 valence electrons. The van der Waals surface area contributed by atoms with E-state index in [0.29, 0.717) is 24.7 Å². The fraction of sp³-hybridized carbons (Fsp3) is 0.429. The van der Waals surface area contributed by atoms with Crippen LogP contribution in [-0.4, -0.2) is 48.2 Å². The molecular weight excluding hydrogens is 262 g/mol. The van der Waals surface area contributed by atoms with Crippen LogP contribution in [-0.2, 0) is 9.59 Å². The van der Waals surface area contributed by atoms with E-state index < -0.39 is 11.9 Å². The van der Waals surface area contributed by atoms with E-state index in [-0.39, 0.29) is 13.1 Å². The van der Waals surface area contributed by atoms with Gasteiger partial charge < -0.3 is 14.6 Å². The van der Waals surface area contributed by atoms with Crippen LogP contribution in [0.3, 0.4) is 0 Å². The normalized spacial score (nSPS) is 10.3. The monoisotopic (exact) mass is 281 g/mol. The third-order valence-corrected chi connectivity index (χ3v) is 2.53. The Labute approximate surface area is 117 Å². The van der Waals surface area contributed by atoms with Gasteiger partial charge in [0.05, 0.1) is 19.7 Å². The molecule has 0 fully saturated rings. The maximum Gasteiger partial charge on any atom is 0.325 e. The predicted molar refractivity (Wildman–Crippen MR) is 73.0 cm³/mol. The highest BCUT2D eigenvalue weighted by molar-refractivity contribution is 5.76. The van der Waals surface area contributed by atoms with Crippen LogP contribution in [0.1, 0.15) is 13.8 Å². The molecule has 0 atom stereocenters. The lowest BCUT2D eigenvalue weighted by Gasteiger charge is -2.16. The number of ether oxygens (including phenoxy) is 2. The van der Waals surface area contributed by atoms with Gasteiger partial charge in [0.1, 0.15) is 11.5 Å². The lowest BCUT2D eigenvalue weighted by atomic mass is 10.3. The van der Waals surface area contributed by atoms with Gasteiger partial charge in [-0.2, -0.15) is 0 Å². The van der Waals surface area contributed by atoms with E-state index in [4.69, 9.17) is 14.6 Å². The van der Waals surface area contributed by atoms with Crippen molar-refractivity contribution in [2.45, 2.75) is 13.8 Å². The second-order valence-electron chi connectivity index (χ2n) is 4.08. The Morgan fingerprint density at radius 2 is 1.70 bits per heavy atom. The number of aliphatic carboxylic acids is 1. The lowest BCUT2D eigenvalue weighted by Crippen LogP contribution is -2.36. The van der Waals surface area contributed by atoms with Gasteiger partial charge in [-0.05, 0) is 37.7 Å². The zero-order chi connectivity index (χ0) is 15.0. The molecule has 0 aliphatic carbocycles. The first-order valence-electron chi connectivity index (χ1n) is 6.42. The average molecular weight is 281 g/mol. The molecule has 0 amide bonds. The van der Waals surface area contributed by atoms with Crippen LogP contribution in [0.4, 0.5) is 0 Å². The second-order valence-corrected chi connectivity index (χ2v) is 4.08. The van der Waals surface area contributed by atoms with Gasteiger partial charge in [-0.1, -0.05) is 6.92 Å². The number of hydrogen-bond acceptors (Lipinski definition) is 5. The Kier molecular flexibility index (Phi) is 6.52. The summed E-state index contributed by atoms with van der Waals surface area (Å²) in [6.07, 6.45) is 0. The average Bonchev–Trinajstić information content (AvgIpc) is 2.40. The number of hydrogen-bond donors (Lipinski definition) is 1. The summed E-state index contributed by atoms with van der Waals surface area (Å²) in [6, 6.07) is 6.69. The van der Waals surface area contributed by atoms with Crippen molar-refractivity contribution in [2.75, 3.05) is 26.2 Å². The van der Waals surface area contributed by atoms with Crippen molar-refractivity contribution in [3.05, 3.63) is 24.3 Å². The number of carbonyl (C=O) groups is 2. The highest BCUT2D eigenvalue weighted by atomic mass is 16.5. The minimum Gasteiger partial charge on any atom is -0.494 e. The molecule has 0 heterocycles. The molecule has 1 aromatic carbocycles. The summed E-state index contributed by atoms with van der Waals surface area (Å²) in [5.74, 6) is -0.351. The summed E-state index contributed by atoms with van der Waals surface area (Å²) in [5, 5.41) is 8.69. The molecule has 6 heteroatoms. The van der Waals surface area contributed by atoms with Crippen molar-refractivity contribution in [1.82, 2.24) is 4.90 Å². The van der Waals surface area contributed by atoms with Crippen LogP contribution in [0.15, 0.2) is 24.3 Å². The highest BCUT2D eigenvalue weighted by Gasteiger charge is 2.13. The first-order chi connectivity index (χ1) is 9.55. The summed E-state index contributed by atoms with van der Waals surface area (Å²) in [5.41, 5.74) is 0. The van der Waals surface area contributed by atoms with Gasteiger partial charge >= 0.3 is 11.9 Å². The third-order valence-electron chi connectivity index (χ3n) is 2.53. The van der Waals surface area contributed by atoms with Crippen molar-refractivity contribution >= 4 is 11.9 Å². The first kappa shape index (κ1) is 16.0. The van der Waals surface area contributed by atoms with E-state index in [1.807, 2.05) is 6.92 Å². The molecule has 1 N–H and O–H groups in total. The molecule has 0 saturated heterocycles. The molecule has 0 aliphatic rings. The number of esters is 1. The minimum atomic E-state index is -0.972. The number of carboxylic acids is 1. The van der Waals surface area contributed by atoms with E-state index in [2.05, 4.69) is 0 Å². The number of carbonyl (C=O) groups excluding carboxylic acids is 1. The maximum absolute atomic E-state index is 11.7. The molecule has 1 rings (SSSR count). The van der Waals surface area contributed by atoms with Crippen LogP contribution >= 0.6 is 0 Å². The van der Waals surface area contributed by atoms with Crippen LogP contribution in [0.2, 0.25) is 0 Å². The second kappa shape index (κ2) is 8.16. The molecule has 20 heavy (non-hydrogen) atoms. The topological polar surface area (TPSA) is 76.1 Å². The van der Waals surface area contributed by atoms with Crippen molar-refractivity contribution in [2.24, 2.45) is 0 Å². The molecule has 0 radical (unpaired) electrons. The van der Waals surface area contributed by atoms with E-state index in [9.17, 15) is 9.59 Å². The number of nitrogens with zero attached hydrogens (tertiary/aromatic N) is 1. The number of carboxylic acid groups (broad SMARTS) is 1. The van der Waals surface area contributed by atoms with Gasteiger partial charge in [-0.25, -0.2) is 0 Å².